The van der Waals surface area contributed by atoms with E-state index in [0.717, 1.165) is 56.3 Å². The maximum Gasteiger partial charge on any atom is 0.0385 e. The number of nitrogens with two attached hydrogens (primary N) is 2. The summed E-state index contributed by atoms with van der Waals surface area (Å²) < 4.78 is 0. The quantitative estimate of drug-likeness (QED) is 0.380. The predicted octanol–water partition coefficient (Wildman–Crippen LogP) is 7.03. The summed E-state index contributed by atoms with van der Waals surface area (Å²) in [5.41, 5.74) is 23.4. The van der Waals surface area contributed by atoms with E-state index >= 15 is 0 Å². The van der Waals surface area contributed by atoms with Crippen LogP contribution in [-0.4, -0.2) is 0 Å². The highest BCUT2D eigenvalue weighted by Gasteiger charge is 2.14. The molecule has 0 spiro atoms. The summed E-state index contributed by atoms with van der Waals surface area (Å²) in [6.07, 6.45) is 12.3. The van der Waals surface area contributed by atoms with Crippen molar-refractivity contribution in [1.29, 1.82) is 0 Å². The number of rotatable bonds is 12. The first-order valence-corrected chi connectivity index (χ1v) is 11.8. The Kier molecular flexibility index (Phi) is 9.57. The number of hydrogen-bond donors (Lipinski definition) is 2. The van der Waals surface area contributed by atoms with Crippen LogP contribution in [0, 0.1) is 0 Å². The number of anilines is 2. The first-order chi connectivity index (χ1) is 14.1. The minimum absolute atomic E-state index is 0.827. The van der Waals surface area contributed by atoms with Crippen molar-refractivity contribution in [3.05, 3.63) is 57.6 Å². The van der Waals surface area contributed by atoms with Crippen LogP contribution in [0.1, 0.15) is 99.6 Å². The van der Waals surface area contributed by atoms with Gasteiger partial charge < -0.3 is 11.5 Å². The molecule has 0 unspecified atom stereocenters. The number of nitrogen functional groups attached to an aromatic ring is 2. The van der Waals surface area contributed by atoms with Crippen molar-refractivity contribution in [1.82, 2.24) is 0 Å². The van der Waals surface area contributed by atoms with E-state index in [1.54, 1.807) is 0 Å². The Morgan fingerprint density at radius 3 is 1.24 bits per heavy atom. The average Bonchev–Trinajstić information content (AvgIpc) is 2.72. The summed E-state index contributed by atoms with van der Waals surface area (Å²) in [7, 11) is 0. The Hall–Kier alpha value is -1.96. The molecule has 0 heterocycles. The lowest BCUT2D eigenvalue weighted by Crippen LogP contribution is -2.08. The second-order valence-electron chi connectivity index (χ2n) is 8.44. The molecule has 0 aliphatic heterocycles. The highest BCUT2D eigenvalue weighted by atomic mass is 14.6. The van der Waals surface area contributed by atoms with Gasteiger partial charge in [-0.15, -0.1) is 0 Å². The van der Waals surface area contributed by atoms with E-state index in [0.29, 0.717) is 0 Å². The molecule has 2 rings (SSSR count). The van der Waals surface area contributed by atoms with Crippen LogP contribution in [0.15, 0.2) is 24.3 Å². The Morgan fingerprint density at radius 1 is 0.517 bits per heavy atom. The molecule has 0 aromatic heterocycles. The van der Waals surface area contributed by atoms with Gasteiger partial charge in [-0.2, -0.15) is 0 Å². The summed E-state index contributed by atoms with van der Waals surface area (Å²) in [6, 6.07) is 9.10. The minimum Gasteiger partial charge on any atom is -0.398 e. The van der Waals surface area contributed by atoms with Crippen LogP contribution in [-0.2, 0) is 32.1 Å². The molecule has 29 heavy (non-hydrogen) atoms. The zero-order chi connectivity index (χ0) is 21.2. The third-order valence-electron chi connectivity index (χ3n) is 6.07. The van der Waals surface area contributed by atoms with Crippen LogP contribution < -0.4 is 11.5 Å². The van der Waals surface area contributed by atoms with E-state index in [-0.39, 0.29) is 0 Å². The molecule has 0 bridgehead atoms. The Bertz CT molecular complexity index is 711. The van der Waals surface area contributed by atoms with Gasteiger partial charge in [-0.25, -0.2) is 0 Å². The molecule has 0 saturated carbocycles. The minimum atomic E-state index is 0.827. The van der Waals surface area contributed by atoms with Crippen molar-refractivity contribution in [3.63, 3.8) is 0 Å². The summed E-state index contributed by atoms with van der Waals surface area (Å²) in [6.45, 7) is 8.97. The van der Waals surface area contributed by atoms with E-state index in [1.807, 2.05) is 0 Å². The third kappa shape index (κ3) is 6.01. The van der Waals surface area contributed by atoms with Gasteiger partial charge in [0.2, 0.25) is 0 Å². The van der Waals surface area contributed by atoms with Gasteiger partial charge in [-0.1, -0.05) is 77.6 Å². The molecular formula is C27H42N2. The van der Waals surface area contributed by atoms with Gasteiger partial charge in [-0.05, 0) is 71.9 Å². The van der Waals surface area contributed by atoms with Gasteiger partial charge in [-0.3, -0.25) is 0 Å². The first-order valence-electron chi connectivity index (χ1n) is 11.8. The van der Waals surface area contributed by atoms with Gasteiger partial charge in [0.1, 0.15) is 0 Å². The average molecular weight is 395 g/mol. The molecule has 0 aliphatic carbocycles. The third-order valence-corrected chi connectivity index (χ3v) is 6.07. The van der Waals surface area contributed by atoms with Crippen LogP contribution in [0.25, 0.3) is 0 Å². The van der Waals surface area contributed by atoms with Gasteiger partial charge >= 0.3 is 0 Å². The Balaban J connectivity index is 2.37. The molecule has 0 amide bonds. The molecular weight excluding hydrogens is 352 g/mol. The Labute approximate surface area is 179 Å². The molecule has 0 fully saturated rings. The summed E-state index contributed by atoms with van der Waals surface area (Å²) in [5.74, 6) is 0. The molecule has 2 nitrogen and oxygen atoms in total. The zero-order valence-corrected chi connectivity index (χ0v) is 19.2. The highest BCUT2D eigenvalue weighted by molar-refractivity contribution is 5.63. The lowest BCUT2D eigenvalue weighted by molar-refractivity contribution is 0.779. The topological polar surface area (TPSA) is 52.0 Å². The fourth-order valence-corrected chi connectivity index (χ4v) is 4.32. The fourth-order valence-electron chi connectivity index (χ4n) is 4.32. The largest absolute Gasteiger partial charge is 0.398 e. The normalized spacial score (nSPS) is 11.2. The number of aryl methyl sites for hydroxylation is 2. The fraction of sp³-hybridized carbons (Fsp3) is 0.556. The zero-order valence-electron chi connectivity index (χ0n) is 19.2. The van der Waals surface area contributed by atoms with E-state index < -0.39 is 0 Å². The van der Waals surface area contributed by atoms with Crippen molar-refractivity contribution >= 4 is 11.4 Å². The van der Waals surface area contributed by atoms with Crippen LogP contribution in [0.2, 0.25) is 0 Å². The molecule has 160 valence electrons. The van der Waals surface area contributed by atoms with Gasteiger partial charge in [0, 0.05) is 17.8 Å². The van der Waals surface area contributed by atoms with Crippen molar-refractivity contribution in [3.8, 4) is 0 Å². The number of benzene rings is 2. The first kappa shape index (κ1) is 23.3. The molecule has 4 N–H and O–H groups in total. The summed E-state index contributed by atoms with van der Waals surface area (Å²) >= 11 is 0. The second-order valence-corrected chi connectivity index (χ2v) is 8.44. The maximum atomic E-state index is 6.69. The van der Waals surface area contributed by atoms with Crippen LogP contribution in [0.4, 0.5) is 11.4 Å². The molecule has 0 saturated heterocycles. The highest BCUT2D eigenvalue weighted by Crippen LogP contribution is 2.31. The number of unbranched alkanes of at least 4 members (excludes halogenated alkanes) is 2. The second kappa shape index (κ2) is 11.9. The van der Waals surface area contributed by atoms with Crippen LogP contribution in [0.3, 0.4) is 0 Å². The van der Waals surface area contributed by atoms with E-state index in [1.165, 1.54) is 59.1 Å². The van der Waals surface area contributed by atoms with E-state index in [2.05, 4.69) is 52.0 Å². The lowest BCUT2D eigenvalue weighted by atomic mass is 9.89. The van der Waals surface area contributed by atoms with E-state index in [9.17, 15) is 0 Å². The molecule has 2 aromatic rings. The van der Waals surface area contributed by atoms with Crippen LogP contribution >= 0.6 is 0 Å². The monoisotopic (exact) mass is 394 g/mol. The van der Waals surface area contributed by atoms with Gasteiger partial charge in [0.15, 0.2) is 0 Å². The van der Waals surface area contributed by atoms with Gasteiger partial charge in [0.25, 0.3) is 0 Å². The van der Waals surface area contributed by atoms with Crippen LogP contribution in [0.5, 0.6) is 0 Å². The summed E-state index contributed by atoms with van der Waals surface area (Å²) in [5, 5.41) is 0. The lowest BCUT2D eigenvalue weighted by Gasteiger charge is -2.19. The summed E-state index contributed by atoms with van der Waals surface area (Å²) in [4.78, 5) is 0. The smallest absolute Gasteiger partial charge is 0.0385 e. The molecule has 2 aromatic carbocycles. The van der Waals surface area contributed by atoms with Gasteiger partial charge in [0.05, 0.1) is 0 Å². The van der Waals surface area contributed by atoms with Crippen molar-refractivity contribution in [2.75, 3.05) is 11.5 Å². The standard InChI is InChI=1S/C27H42N2/c1-5-9-13-20-15-17-22(26(28)24(20)11-7-3)19-23-18-16-21(14-10-6-2)25(12-8-4)27(23)29/h15-18H,5-14,19,28-29H2,1-4H3. The van der Waals surface area contributed by atoms with E-state index in [4.69, 9.17) is 11.5 Å². The van der Waals surface area contributed by atoms with Crippen molar-refractivity contribution in [2.45, 2.75) is 98.3 Å². The predicted molar refractivity (Wildman–Crippen MR) is 130 cm³/mol. The van der Waals surface area contributed by atoms with Crippen molar-refractivity contribution < 1.29 is 0 Å². The molecule has 2 heteroatoms. The van der Waals surface area contributed by atoms with Crippen molar-refractivity contribution in [2.24, 2.45) is 0 Å². The SMILES string of the molecule is CCCCc1ccc(Cc2ccc(CCCC)c(CCC)c2N)c(N)c1CCC. The molecule has 0 atom stereocenters. The molecule has 0 radical (unpaired) electrons. The molecule has 0 aliphatic rings. The maximum absolute atomic E-state index is 6.69. The number of hydrogen-bond acceptors (Lipinski definition) is 2. The Morgan fingerprint density at radius 2 is 0.897 bits per heavy atom.